The van der Waals surface area contributed by atoms with E-state index in [1.165, 1.54) is 0 Å². The molecule has 84 valence electrons. The topological polar surface area (TPSA) is 34.1 Å². The molecule has 0 spiro atoms. The van der Waals surface area contributed by atoms with Crippen molar-refractivity contribution in [1.29, 1.82) is 0 Å². The van der Waals surface area contributed by atoms with Crippen LogP contribution in [-0.4, -0.2) is 24.2 Å². The fourth-order valence-electron chi connectivity index (χ4n) is 1.27. The van der Waals surface area contributed by atoms with Crippen molar-refractivity contribution in [2.75, 3.05) is 13.2 Å². The van der Waals surface area contributed by atoms with Crippen molar-refractivity contribution in [2.45, 2.75) is 33.2 Å². The predicted molar refractivity (Wildman–Crippen MR) is 62.2 cm³/mol. The summed E-state index contributed by atoms with van der Waals surface area (Å²) < 4.78 is 5.64. The van der Waals surface area contributed by atoms with Crippen LogP contribution >= 0.6 is 0 Å². The first-order chi connectivity index (χ1) is 7.20. The van der Waals surface area contributed by atoms with E-state index < -0.39 is 0 Å². The van der Waals surface area contributed by atoms with Gasteiger partial charge < -0.3 is 10.1 Å². The lowest BCUT2D eigenvalue weighted by atomic mass is 10.3. The number of rotatable bonds is 6. The zero-order chi connectivity index (χ0) is 11.1. The third-order valence-corrected chi connectivity index (χ3v) is 2.10. The lowest BCUT2D eigenvalue weighted by Gasteiger charge is -2.10. The molecule has 0 saturated heterocycles. The lowest BCUT2D eigenvalue weighted by molar-refractivity contribution is 0.304. The molecule has 0 bridgehead atoms. The number of aromatic nitrogens is 1. The quantitative estimate of drug-likeness (QED) is 0.727. The first-order valence-electron chi connectivity index (χ1n) is 5.47. The molecular formula is C12H20N2O. The van der Waals surface area contributed by atoms with Gasteiger partial charge in [-0.3, -0.25) is 4.98 Å². The Morgan fingerprint density at radius 2 is 2.27 bits per heavy atom. The molecule has 0 aliphatic carbocycles. The van der Waals surface area contributed by atoms with Crippen LogP contribution in [0, 0.1) is 6.92 Å². The zero-order valence-electron chi connectivity index (χ0n) is 9.79. The molecule has 0 aromatic carbocycles. The number of nitrogens with zero attached hydrogens (tertiary/aromatic N) is 1. The summed E-state index contributed by atoms with van der Waals surface area (Å²) in [6, 6.07) is 2.46. The molecule has 1 aromatic heterocycles. The van der Waals surface area contributed by atoms with Crippen LogP contribution in [0.4, 0.5) is 0 Å². The minimum atomic E-state index is 0.549. The molecule has 0 unspecified atom stereocenters. The average molecular weight is 208 g/mol. The SMILES string of the molecule is Cc1cnccc1OCCCNC(C)C. The van der Waals surface area contributed by atoms with Crippen LogP contribution in [0.2, 0.25) is 0 Å². The molecule has 0 saturated carbocycles. The van der Waals surface area contributed by atoms with E-state index in [2.05, 4.69) is 24.1 Å². The summed E-state index contributed by atoms with van der Waals surface area (Å²) in [5.74, 6) is 0.939. The highest BCUT2D eigenvalue weighted by Gasteiger charge is 1.98. The predicted octanol–water partition coefficient (Wildman–Crippen LogP) is 2.16. The van der Waals surface area contributed by atoms with E-state index in [0.717, 1.165) is 30.9 Å². The Kier molecular flexibility index (Phi) is 5.12. The summed E-state index contributed by atoms with van der Waals surface area (Å²) in [6.45, 7) is 8.06. The van der Waals surface area contributed by atoms with Crippen molar-refractivity contribution in [1.82, 2.24) is 10.3 Å². The highest BCUT2D eigenvalue weighted by Crippen LogP contribution is 2.14. The standard InChI is InChI=1S/C12H20N2O/c1-10(2)14-6-4-8-15-12-5-7-13-9-11(12)3/h5,7,9-10,14H,4,6,8H2,1-3H3. The van der Waals surface area contributed by atoms with E-state index in [1.807, 2.05) is 19.2 Å². The van der Waals surface area contributed by atoms with Gasteiger partial charge in [0.2, 0.25) is 0 Å². The molecule has 0 amide bonds. The summed E-state index contributed by atoms with van der Waals surface area (Å²) in [5, 5.41) is 3.35. The molecule has 0 aliphatic rings. The highest BCUT2D eigenvalue weighted by molar-refractivity contribution is 5.28. The maximum absolute atomic E-state index is 5.64. The van der Waals surface area contributed by atoms with Crippen molar-refractivity contribution in [3.8, 4) is 5.75 Å². The monoisotopic (exact) mass is 208 g/mol. The molecular weight excluding hydrogens is 188 g/mol. The van der Waals surface area contributed by atoms with Gasteiger partial charge >= 0.3 is 0 Å². The van der Waals surface area contributed by atoms with Gasteiger partial charge in [-0.1, -0.05) is 13.8 Å². The van der Waals surface area contributed by atoms with Crippen LogP contribution < -0.4 is 10.1 Å². The van der Waals surface area contributed by atoms with Gasteiger partial charge in [-0.2, -0.15) is 0 Å². The number of hydrogen-bond donors (Lipinski definition) is 1. The van der Waals surface area contributed by atoms with E-state index in [0.29, 0.717) is 6.04 Å². The van der Waals surface area contributed by atoms with Crippen LogP contribution in [0.25, 0.3) is 0 Å². The van der Waals surface area contributed by atoms with Crippen molar-refractivity contribution >= 4 is 0 Å². The summed E-state index contributed by atoms with van der Waals surface area (Å²) in [4.78, 5) is 4.02. The molecule has 0 fully saturated rings. The zero-order valence-corrected chi connectivity index (χ0v) is 9.79. The second kappa shape index (κ2) is 6.40. The van der Waals surface area contributed by atoms with Crippen molar-refractivity contribution in [3.05, 3.63) is 24.0 Å². The minimum Gasteiger partial charge on any atom is -0.493 e. The number of hydrogen-bond acceptors (Lipinski definition) is 3. The Bertz CT molecular complexity index is 287. The van der Waals surface area contributed by atoms with Crippen LogP contribution in [0.15, 0.2) is 18.5 Å². The van der Waals surface area contributed by atoms with Crippen molar-refractivity contribution in [3.63, 3.8) is 0 Å². The Morgan fingerprint density at radius 3 is 2.93 bits per heavy atom. The largest absolute Gasteiger partial charge is 0.493 e. The van der Waals surface area contributed by atoms with Gasteiger partial charge in [-0.15, -0.1) is 0 Å². The molecule has 3 heteroatoms. The van der Waals surface area contributed by atoms with E-state index in [4.69, 9.17) is 4.74 Å². The van der Waals surface area contributed by atoms with Gasteiger partial charge in [-0.05, 0) is 26.0 Å². The number of nitrogens with one attached hydrogen (secondary N) is 1. The van der Waals surface area contributed by atoms with Gasteiger partial charge in [0, 0.05) is 24.0 Å². The maximum Gasteiger partial charge on any atom is 0.125 e. The molecule has 1 rings (SSSR count). The number of ether oxygens (including phenoxy) is 1. The Labute approximate surface area is 91.9 Å². The molecule has 0 radical (unpaired) electrons. The number of aryl methyl sites for hydroxylation is 1. The average Bonchev–Trinajstić information content (AvgIpc) is 2.20. The van der Waals surface area contributed by atoms with E-state index in [9.17, 15) is 0 Å². The molecule has 1 heterocycles. The first kappa shape index (κ1) is 12.0. The van der Waals surface area contributed by atoms with Gasteiger partial charge in [0.25, 0.3) is 0 Å². The number of pyridine rings is 1. The van der Waals surface area contributed by atoms with Crippen LogP contribution in [0.3, 0.4) is 0 Å². The van der Waals surface area contributed by atoms with Gasteiger partial charge in [0.05, 0.1) is 6.61 Å². The molecule has 1 aromatic rings. The van der Waals surface area contributed by atoms with Gasteiger partial charge in [0.1, 0.15) is 5.75 Å². The maximum atomic E-state index is 5.64. The van der Waals surface area contributed by atoms with Gasteiger partial charge in [0.15, 0.2) is 0 Å². The lowest BCUT2D eigenvalue weighted by Crippen LogP contribution is -2.24. The Balaban J connectivity index is 2.18. The van der Waals surface area contributed by atoms with Crippen LogP contribution in [-0.2, 0) is 0 Å². The second-order valence-corrected chi connectivity index (χ2v) is 3.95. The molecule has 1 N–H and O–H groups in total. The van der Waals surface area contributed by atoms with E-state index >= 15 is 0 Å². The fourth-order valence-corrected chi connectivity index (χ4v) is 1.27. The summed E-state index contributed by atoms with van der Waals surface area (Å²) in [7, 11) is 0. The Morgan fingerprint density at radius 1 is 1.47 bits per heavy atom. The summed E-state index contributed by atoms with van der Waals surface area (Å²) in [6.07, 6.45) is 4.61. The normalized spacial score (nSPS) is 10.7. The van der Waals surface area contributed by atoms with Crippen molar-refractivity contribution in [2.24, 2.45) is 0 Å². The van der Waals surface area contributed by atoms with Crippen LogP contribution in [0.1, 0.15) is 25.8 Å². The van der Waals surface area contributed by atoms with E-state index in [1.54, 1.807) is 6.20 Å². The third-order valence-electron chi connectivity index (χ3n) is 2.10. The van der Waals surface area contributed by atoms with Crippen LogP contribution in [0.5, 0.6) is 5.75 Å². The summed E-state index contributed by atoms with van der Waals surface area (Å²) in [5.41, 5.74) is 1.09. The second-order valence-electron chi connectivity index (χ2n) is 3.95. The minimum absolute atomic E-state index is 0.549. The molecule has 15 heavy (non-hydrogen) atoms. The van der Waals surface area contributed by atoms with Gasteiger partial charge in [-0.25, -0.2) is 0 Å². The van der Waals surface area contributed by atoms with Crippen molar-refractivity contribution < 1.29 is 4.74 Å². The third kappa shape index (κ3) is 4.79. The first-order valence-corrected chi connectivity index (χ1v) is 5.47. The highest BCUT2D eigenvalue weighted by atomic mass is 16.5. The summed E-state index contributed by atoms with van der Waals surface area (Å²) >= 11 is 0. The Hall–Kier alpha value is -1.09. The smallest absolute Gasteiger partial charge is 0.125 e. The molecule has 0 aliphatic heterocycles. The van der Waals surface area contributed by atoms with E-state index in [-0.39, 0.29) is 0 Å². The molecule has 3 nitrogen and oxygen atoms in total. The molecule has 0 atom stereocenters. The fraction of sp³-hybridized carbons (Fsp3) is 0.583.